The van der Waals surface area contributed by atoms with Crippen LogP contribution in [0.5, 0.6) is 0 Å². The van der Waals surface area contributed by atoms with Gasteiger partial charge in [0.05, 0.1) is 20.9 Å². The molecule has 2 heterocycles. The highest BCUT2D eigenvalue weighted by Crippen LogP contribution is 2.25. The van der Waals surface area contributed by atoms with Crippen LogP contribution >= 0.6 is 11.3 Å². The molecule has 0 aliphatic rings. The number of nitrogens with zero attached hydrogens (tertiary/aromatic N) is 3. The lowest BCUT2D eigenvalue weighted by atomic mass is 10.2. The molecule has 0 amide bonds. The van der Waals surface area contributed by atoms with E-state index in [-0.39, 0.29) is 0 Å². The Labute approximate surface area is 122 Å². The normalized spacial score (nSPS) is 11.2. The largest absolute Gasteiger partial charge is 0.381 e. The van der Waals surface area contributed by atoms with Crippen molar-refractivity contribution in [3.05, 3.63) is 40.2 Å². The molecule has 5 heteroatoms. The molecule has 0 fully saturated rings. The first-order valence-electron chi connectivity index (χ1n) is 6.65. The summed E-state index contributed by atoms with van der Waals surface area (Å²) in [4.78, 5) is 4.48. The Bertz CT molecular complexity index is 770. The number of hydrogen-bond donors (Lipinski definition) is 1. The highest BCUT2D eigenvalue weighted by molar-refractivity contribution is 7.18. The second-order valence-corrected chi connectivity index (χ2v) is 6.28. The Hall–Kier alpha value is -1.88. The second kappa shape index (κ2) is 4.90. The zero-order chi connectivity index (χ0) is 14.3. The SMILES string of the molecule is Cc1nc2ccc(NCc3c(C)nn(C)c3C)cc2s1. The number of benzene rings is 1. The molecular formula is C15H18N4S. The van der Waals surface area contributed by atoms with Gasteiger partial charge in [-0.1, -0.05) is 0 Å². The van der Waals surface area contributed by atoms with Crippen molar-refractivity contribution in [1.82, 2.24) is 14.8 Å². The first-order valence-corrected chi connectivity index (χ1v) is 7.46. The number of nitrogens with one attached hydrogen (secondary N) is 1. The molecule has 0 spiro atoms. The van der Waals surface area contributed by atoms with Gasteiger partial charge in [0, 0.05) is 30.5 Å². The Morgan fingerprint density at radius 1 is 1.25 bits per heavy atom. The molecule has 0 saturated carbocycles. The predicted octanol–water partition coefficient (Wildman–Crippen LogP) is 3.57. The molecule has 0 unspecified atom stereocenters. The van der Waals surface area contributed by atoms with Gasteiger partial charge >= 0.3 is 0 Å². The smallest absolute Gasteiger partial charge is 0.0907 e. The number of aromatic nitrogens is 3. The summed E-state index contributed by atoms with van der Waals surface area (Å²) in [7, 11) is 1.98. The first kappa shape index (κ1) is 13.1. The molecule has 0 radical (unpaired) electrons. The highest BCUT2D eigenvalue weighted by Gasteiger charge is 2.09. The molecule has 20 heavy (non-hydrogen) atoms. The summed E-state index contributed by atoms with van der Waals surface area (Å²) in [5, 5.41) is 9.04. The summed E-state index contributed by atoms with van der Waals surface area (Å²) < 4.78 is 3.16. The summed E-state index contributed by atoms with van der Waals surface area (Å²) in [6.45, 7) is 7.00. The number of aryl methyl sites for hydroxylation is 3. The van der Waals surface area contributed by atoms with Crippen molar-refractivity contribution in [2.75, 3.05) is 5.32 Å². The molecule has 4 nitrogen and oxygen atoms in total. The molecule has 0 aliphatic carbocycles. The van der Waals surface area contributed by atoms with E-state index in [1.165, 1.54) is 16.0 Å². The van der Waals surface area contributed by atoms with Crippen molar-refractivity contribution < 1.29 is 0 Å². The van der Waals surface area contributed by atoms with Gasteiger partial charge in [-0.3, -0.25) is 4.68 Å². The van der Waals surface area contributed by atoms with Gasteiger partial charge in [0.1, 0.15) is 0 Å². The van der Waals surface area contributed by atoms with Crippen LogP contribution in [-0.4, -0.2) is 14.8 Å². The average molecular weight is 286 g/mol. The third-order valence-corrected chi connectivity index (χ3v) is 4.56. The van der Waals surface area contributed by atoms with Crippen LogP contribution in [0.3, 0.4) is 0 Å². The summed E-state index contributed by atoms with van der Waals surface area (Å²) in [5.74, 6) is 0. The van der Waals surface area contributed by atoms with Gasteiger partial charge in [0.25, 0.3) is 0 Å². The van der Waals surface area contributed by atoms with Gasteiger partial charge in [0.15, 0.2) is 0 Å². The van der Waals surface area contributed by atoms with E-state index in [1.807, 2.05) is 18.7 Å². The molecule has 0 bridgehead atoms. The molecule has 3 aromatic rings. The summed E-state index contributed by atoms with van der Waals surface area (Å²) in [6, 6.07) is 6.33. The lowest BCUT2D eigenvalue weighted by Crippen LogP contribution is -2.02. The van der Waals surface area contributed by atoms with Crippen LogP contribution in [0.1, 0.15) is 22.0 Å². The van der Waals surface area contributed by atoms with Crippen LogP contribution < -0.4 is 5.32 Å². The Morgan fingerprint density at radius 2 is 2.05 bits per heavy atom. The maximum absolute atomic E-state index is 4.48. The van der Waals surface area contributed by atoms with Crippen LogP contribution in [0, 0.1) is 20.8 Å². The Morgan fingerprint density at radius 3 is 2.75 bits per heavy atom. The van der Waals surface area contributed by atoms with E-state index in [0.717, 1.165) is 28.5 Å². The van der Waals surface area contributed by atoms with Crippen LogP contribution in [0.15, 0.2) is 18.2 Å². The zero-order valence-corrected chi connectivity index (χ0v) is 13.0. The van der Waals surface area contributed by atoms with Crippen LogP contribution in [0.2, 0.25) is 0 Å². The maximum atomic E-state index is 4.48. The topological polar surface area (TPSA) is 42.7 Å². The van der Waals surface area contributed by atoms with Crippen LogP contribution in [0.4, 0.5) is 5.69 Å². The molecular weight excluding hydrogens is 268 g/mol. The number of thiazole rings is 1. The van der Waals surface area contributed by atoms with Gasteiger partial charge in [-0.05, 0) is 39.0 Å². The van der Waals surface area contributed by atoms with E-state index >= 15 is 0 Å². The fraction of sp³-hybridized carbons (Fsp3) is 0.333. The van der Waals surface area contributed by atoms with Gasteiger partial charge in [-0.25, -0.2) is 4.98 Å². The summed E-state index contributed by atoms with van der Waals surface area (Å²) in [6.07, 6.45) is 0. The van der Waals surface area contributed by atoms with Crippen LogP contribution in [0.25, 0.3) is 10.2 Å². The van der Waals surface area contributed by atoms with Crippen molar-refractivity contribution in [3.8, 4) is 0 Å². The molecule has 3 rings (SSSR count). The van der Waals surface area contributed by atoms with Gasteiger partial charge in [0.2, 0.25) is 0 Å². The molecule has 0 atom stereocenters. The summed E-state index contributed by atoms with van der Waals surface area (Å²) >= 11 is 1.73. The van der Waals surface area contributed by atoms with Crippen molar-refractivity contribution >= 4 is 27.2 Å². The monoisotopic (exact) mass is 286 g/mol. The third kappa shape index (κ3) is 2.29. The predicted molar refractivity (Wildman–Crippen MR) is 84.4 cm³/mol. The zero-order valence-electron chi connectivity index (χ0n) is 12.2. The average Bonchev–Trinajstić information content (AvgIpc) is 2.87. The lowest BCUT2D eigenvalue weighted by Gasteiger charge is -2.07. The number of fused-ring (bicyclic) bond motifs is 1. The summed E-state index contributed by atoms with van der Waals surface area (Å²) in [5.41, 5.74) is 5.78. The number of hydrogen-bond acceptors (Lipinski definition) is 4. The Balaban J connectivity index is 1.82. The standard InChI is InChI=1S/C15H18N4S/c1-9-13(10(2)19(4)18-9)8-16-12-5-6-14-15(7-12)20-11(3)17-14/h5-7,16H,8H2,1-4H3. The molecule has 1 N–H and O–H groups in total. The molecule has 0 saturated heterocycles. The lowest BCUT2D eigenvalue weighted by molar-refractivity contribution is 0.730. The van der Waals surface area contributed by atoms with Gasteiger partial charge in [-0.15, -0.1) is 11.3 Å². The van der Waals surface area contributed by atoms with E-state index < -0.39 is 0 Å². The van der Waals surface area contributed by atoms with E-state index in [4.69, 9.17) is 0 Å². The molecule has 2 aromatic heterocycles. The maximum Gasteiger partial charge on any atom is 0.0907 e. The Kier molecular flexibility index (Phi) is 3.22. The van der Waals surface area contributed by atoms with Gasteiger partial charge < -0.3 is 5.32 Å². The highest BCUT2D eigenvalue weighted by atomic mass is 32.1. The first-order chi connectivity index (χ1) is 9.54. The van der Waals surface area contributed by atoms with Gasteiger partial charge in [-0.2, -0.15) is 5.10 Å². The quantitative estimate of drug-likeness (QED) is 0.800. The minimum absolute atomic E-state index is 0.800. The fourth-order valence-electron chi connectivity index (χ4n) is 2.41. The van der Waals surface area contributed by atoms with E-state index in [2.05, 4.69) is 47.4 Å². The van der Waals surface area contributed by atoms with Crippen molar-refractivity contribution in [2.24, 2.45) is 7.05 Å². The number of rotatable bonds is 3. The molecule has 1 aromatic carbocycles. The van der Waals surface area contributed by atoms with E-state index in [1.54, 1.807) is 11.3 Å². The van der Waals surface area contributed by atoms with E-state index in [0.29, 0.717) is 0 Å². The van der Waals surface area contributed by atoms with Crippen LogP contribution in [-0.2, 0) is 13.6 Å². The van der Waals surface area contributed by atoms with Crippen molar-refractivity contribution in [3.63, 3.8) is 0 Å². The third-order valence-electron chi connectivity index (χ3n) is 3.62. The second-order valence-electron chi connectivity index (χ2n) is 5.04. The van der Waals surface area contributed by atoms with Crippen molar-refractivity contribution in [2.45, 2.75) is 27.3 Å². The molecule has 104 valence electrons. The van der Waals surface area contributed by atoms with E-state index in [9.17, 15) is 0 Å². The molecule has 0 aliphatic heterocycles. The minimum atomic E-state index is 0.800. The minimum Gasteiger partial charge on any atom is -0.381 e. The fourth-order valence-corrected chi connectivity index (χ4v) is 3.28. The number of anilines is 1. The van der Waals surface area contributed by atoms with Crippen molar-refractivity contribution in [1.29, 1.82) is 0 Å².